The molecule has 2 N–H and O–H groups in total. The van der Waals surface area contributed by atoms with Crippen molar-refractivity contribution in [2.75, 3.05) is 25.0 Å². The average molecular weight is 292 g/mol. The summed E-state index contributed by atoms with van der Waals surface area (Å²) in [5.74, 6) is 0.00180. The fourth-order valence-corrected chi connectivity index (χ4v) is 2.25. The molecular formula is C17H28N2O2. The first-order valence-electron chi connectivity index (χ1n) is 7.70. The van der Waals surface area contributed by atoms with Gasteiger partial charge >= 0.3 is 0 Å². The Kier molecular flexibility index (Phi) is 7.40. The first-order chi connectivity index (χ1) is 9.99. The van der Waals surface area contributed by atoms with Gasteiger partial charge in [-0.25, -0.2) is 0 Å². The van der Waals surface area contributed by atoms with Crippen LogP contribution < -0.4 is 5.32 Å². The number of aliphatic hydroxyl groups excluding tert-OH is 1. The van der Waals surface area contributed by atoms with E-state index < -0.39 is 0 Å². The molecule has 0 spiro atoms. The first kappa shape index (κ1) is 17.7. The quantitative estimate of drug-likeness (QED) is 0.774. The maximum absolute atomic E-state index is 12.3. The molecule has 0 saturated heterocycles. The lowest BCUT2D eigenvalue weighted by Gasteiger charge is -2.27. The van der Waals surface area contributed by atoms with Crippen molar-refractivity contribution in [3.8, 4) is 0 Å². The Labute approximate surface area is 128 Å². The van der Waals surface area contributed by atoms with Gasteiger partial charge in [-0.15, -0.1) is 0 Å². The van der Waals surface area contributed by atoms with Gasteiger partial charge in [0.1, 0.15) is 0 Å². The molecule has 0 heterocycles. The second kappa shape index (κ2) is 8.80. The lowest BCUT2D eigenvalue weighted by atomic mass is 10.1. The number of aryl methyl sites for hydroxylation is 1. The average Bonchev–Trinajstić information content (AvgIpc) is 2.47. The summed E-state index contributed by atoms with van der Waals surface area (Å²) in [5, 5.41) is 12.0. The van der Waals surface area contributed by atoms with Gasteiger partial charge in [-0.2, -0.15) is 0 Å². The highest BCUT2D eigenvalue weighted by Crippen LogP contribution is 2.18. The third kappa shape index (κ3) is 5.48. The number of carbonyl (C=O) groups excluding carboxylic acids is 1. The molecule has 0 fully saturated rings. The van der Waals surface area contributed by atoms with Crippen LogP contribution in [0.25, 0.3) is 0 Å². The molecule has 0 aliphatic carbocycles. The number of hydrogen-bond acceptors (Lipinski definition) is 3. The summed E-state index contributed by atoms with van der Waals surface area (Å²) in [5.41, 5.74) is 3.16. The largest absolute Gasteiger partial charge is 0.396 e. The Morgan fingerprint density at radius 3 is 2.71 bits per heavy atom. The maximum atomic E-state index is 12.3. The van der Waals surface area contributed by atoms with Crippen LogP contribution in [0.1, 0.15) is 37.8 Å². The molecule has 0 bridgehead atoms. The van der Waals surface area contributed by atoms with Gasteiger partial charge in [0.25, 0.3) is 0 Å². The van der Waals surface area contributed by atoms with Crippen LogP contribution in [0, 0.1) is 13.8 Å². The first-order valence-corrected chi connectivity index (χ1v) is 7.70. The second-order valence-corrected chi connectivity index (χ2v) is 5.60. The van der Waals surface area contributed by atoms with Crippen molar-refractivity contribution < 1.29 is 9.90 Å². The molecule has 21 heavy (non-hydrogen) atoms. The highest BCUT2D eigenvalue weighted by atomic mass is 16.3. The maximum Gasteiger partial charge on any atom is 0.238 e. The number of rotatable bonds is 8. The van der Waals surface area contributed by atoms with Crippen molar-refractivity contribution in [3.05, 3.63) is 29.3 Å². The van der Waals surface area contributed by atoms with Crippen molar-refractivity contribution in [3.63, 3.8) is 0 Å². The minimum Gasteiger partial charge on any atom is -0.396 e. The van der Waals surface area contributed by atoms with Gasteiger partial charge in [0.2, 0.25) is 5.91 Å². The summed E-state index contributed by atoms with van der Waals surface area (Å²) >= 11 is 0. The number of hydrogen-bond donors (Lipinski definition) is 2. The van der Waals surface area contributed by atoms with Crippen molar-refractivity contribution in [2.24, 2.45) is 0 Å². The summed E-state index contributed by atoms with van der Waals surface area (Å²) in [7, 11) is 0. The third-order valence-electron chi connectivity index (χ3n) is 4.04. The molecule has 0 aliphatic rings. The molecule has 1 rings (SSSR count). The molecular weight excluding hydrogens is 264 g/mol. The van der Waals surface area contributed by atoms with Gasteiger partial charge in [0.15, 0.2) is 0 Å². The Bertz CT molecular complexity index is 460. The van der Waals surface area contributed by atoms with Crippen LogP contribution in [-0.4, -0.2) is 41.7 Å². The monoisotopic (exact) mass is 292 g/mol. The van der Waals surface area contributed by atoms with Gasteiger partial charge in [-0.1, -0.05) is 19.1 Å². The van der Waals surface area contributed by atoms with E-state index in [4.69, 9.17) is 5.11 Å². The highest BCUT2D eigenvalue weighted by Gasteiger charge is 2.16. The normalized spacial score (nSPS) is 12.5. The fourth-order valence-electron chi connectivity index (χ4n) is 2.25. The predicted octanol–water partition coefficient (Wildman–Crippen LogP) is 2.72. The smallest absolute Gasteiger partial charge is 0.238 e. The van der Waals surface area contributed by atoms with E-state index in [1.807, 2.05) is 32.0 Å². The molecule has 4 nitrogen and oxygen atoms in total. The van der Waals surface area contributed by atoms with Gasteiger partial charge < -0.3 is 10.4 Å². The van der Waals surface area contributed by atoms with Crippen LogP contribution in [-0.2, 0) is 4.79 Å². The predicted molar refractivity (Wildman–Crippen MR) is 87.6 cm³/mol. The van der Waals surface area contributed by atoms with E-state index >= 15 is 0 Å². The molecule has 1 unspecified atom stereocenters. The van der Waals surface area contributed by atoms with Crippen LogP contribution in [0.2, 0.25) is 0 Å². The Morgan fingerprint density at radius 2 is 2.10 bits per heavy atom. The summed E-state index contributed by atoms with van der Waals surface area (Å²) in [6, 6.07) is 6.26. The highest BCUT2D eigenvalue weighted by molar-refractivity contribution is 5.93. The molecule has 1 atom stereocenters. The number of carbonyl (C=O) groups is 1. The molecule has 0 aliphatic heterocycles. The lowest BCUT2D eigenvalue weighted by Crippen LogP contribution is -2.40. The Morgan fingerprint density at radius 1 is 1.38 bits per heavy atom. The SMILES string of the molecule is CCC(C)N(CCCO)CC(=O)Nc1cccc(C)c1C. The number of anilines is 1. The molecule has 1 aromatic carbocycles. The summed E-state index contributed by atoms with van der Waals surface area (Å²) < 4.78 is 0. The van der Waals surface area contributed by atoms with Crippen LogP contribution in [0.4, 0.5) is 5.69 Å². The fraction of sp³-hybridized carbons (Fsp3) is 0.588. The van der Waals surface area contributed by atoms with Crippen LogP contribution in [0.15, 0.2) is 18.2 Å². The molecule has 0 saturated carbocycles. The zero-order valence-electron chi connectivity index (χ0n) is 13.6. The van der Waals surface area contributed by atoms with E-state index in [1.165, 1.54) is 5.56 Å². The zero-order chi connectivity index (χ0) is 15.8. The van der Waals surface area contributed by atoms with E-state index in [9.17, 15) is 4.79 Å². The van der Waals surface area contributed by atoms with E-state index in [0.29, 0.717) is 19.0 Å². The van der Waals surface area contributed by atoms with Crippen molar-refractivity contribution in [1.82, 2.24) is 4.90 Å². The van der Waals surface area contributed by atoms with Crippen LogP contribution in [0.3, 0.4) is 0 Å². The number of nitrogens with zero attached hydrogens (tertiary/aromatic N) is 1. The number of aliphatic hydroxyl groups is 1. The number of benzene rings is 1. The molecule has 4 heteroatoms. The van der Waals surface area contributed by atoms with E-state index in [0.717, 1.165) is 24.2 Å². The molecule has 1 amide bonds. The molecule has 0 aromatic heterocycles. The Hall–Kier alpha value is -1.39. The third-order valence-corrected chi connectivity index (χ3v) is 4.04. The van der Waals surface area contributed by atoms with E-state index in [2.05, 4.69) is 24.1 Å². The van der Waals surface area contributed by atoms with Crippen molar-refractivity contribution in [1.29, 1.82) is 0 Å². The van der Waals surface area contributed by atoms with Crippen molar-refractivity contribution in [2.45, 2.75) is 46.6 Å². The van der Waals surface area contributed by atoms with E-state index in [1.54, 1.807) is 0 Å². The van der Waals surface area contributed by atoms with E-state index in [-0.39, 0.29) is 12.5 Å². The van der Waals surface area contributed by atoms with Crippen LogP contribution in [0.5, 0.6) is 0 Å². The topological polar surface area (TPSA) is 52.6 Å². The zero-order valence-corrected chi connectivity index (χ0v) is 13.6. The minimum absolute atomic E-state index is 0.00180. The minimum atomic E-state index is 0.00180. The lowest BCUT2D eigenvalue weighted by molar-refractivity contribution is -0.117. The van der Waals surface area contributed by atoms with Gasteiger partial charge in [0, 0.05) is 24.9 Å². The van der Waals surface area contributed by atoms with Gasteiger partial charge in [0.05, 0.1) is 6.54 Å². The number of nitrogens with one attached hydrogen (secondary N) is 1. The molecule has 0 radical (unpaired) electrons. The summed E-state index contributed by atoms with van der Waals surface area (Å²) in [6.07, 6.45) is 1.68. The van der Waals surface area contributed by atoms with Gasteiger partial charge in [-0.3, -0.25) is 9.69 Å². The summed E-state index contributed by atoms with van der Waals surface area (Å²) in [4.78, 5) is 14.4. The van der Waals surface area contributed by atoms with Crippen LogP contribution >= 0.6 is 0 Å². The second-order valence-electron chi connectivity index (χ2n) is 5.60. The molecule has 118 valence electrons. The van der Waals surface area contributed by atoms with Gasteiger partial charge in [-0.05, 0) is 50.8 Å². The number of amides is 1. The van der Waals surface area contributed by atoms with Crippen molar-refractivity contribution >= 4 is 11.6 Å². The summed E-state index contributed by atoms with van der Waals surface area (Å²) in [6.45, 7) is 9.54. The standard InChI is InChI=1S/C17H28N2O2/c1-5-14(3)19(10-7-11-20)12-17(21)18-16-9-6-8-13(2)15(16)4/h6,8-9,14,20H,5,7,10-12H2,1-4H3,(H,18,21). The molecule has 1 aromatic rings. The Balaban J connectivity index is 2.66.